The van der Waals surface area contributed by atoms with Gasteiger partial charge in [0.25, 0.3) is 5.91 Å². The molecule has 0 heterocycles. The van der Waals surface area contributed by atoms with Crippen molar-refractivity contribution in [3.05, 3.63) is 29.8 Å². The van der Waals surface area contributed by atoms with E-state index in [9.17, 15) is 18.4 Å². The van der Waals surface area contributed by atoms with Gasteiger partial charge >= 0.3 is 5.97 Å². The van der Waals surface area contributed by atoms with Gasteiger partial charge in [0, 0.05) is 6.07 Å². The minimum absolute atomic E-state index is 0.167. The summed E-state index contributed by atoms with van der Waals surface area (Å²) in [6, 6.07) is 1.97. The van der Waals surface area contributed by atoms with Crippen LogP contribution in [-0.2, 0) is 14.3 Å². The number of carbonyl (C=O) groups excluding carboxylic acids is 2. The maximum absolute atomic E-state index is 13.3. The summed E-state index contributed by atoms with van der Waals surface area (Å²) in [5.74, 6) is -2.87. The maximum Gasteiger partial charge on any atom is 0.328 e. The average molecular weight is 315 g/mol. The third-order valence-corrected chi connectivity index (χ3v) is 2.78. The number of nitrogens with one attached hydrogen (secondary N) is 1. The molecule has 0 spiro atoms. The number of amides is 1. The highest BCUT2D eigenvalue weighted by Gasteiger charge is 2.22. The Morgan fingerprint density at radius 3 is 2.50 bits per heavy atom. The Balaban J connectivity index is 2.58. The molecular formula is C15H19F2NO4. The minimum atomic E-state index is -0.903. The van der Waals surface area contributed by atoms with Crippen LogP contribution in [0.25, 0.3) is 0 Å². The van der Waals surface area contributed by atoms with Crippen LogP contribution < -0.4 is 10.1 Å². The summed E-state index contributed by atoms with van der Waals surface area (Å²) in [7, 11) is 1.23. The van der Waals surface area contributed by atoms with Gasteiger partial charge < -0.3 is 14.8 Å². The quantitative estimate of drug-likeness (QED) is 0.782. The number of carbonyl (C=O) groups is 2. The second-order valence-corrected chi connectivity index (χ2v) is 5.14. The SMILES string of the molecule is COC(=O)C(CC(C)C)NC(=O)COc1ccc(F)cc1F. The van der Waals surface area contributed by atoms with Gasteiger partial charge in [0.05, 0.1) is 7.11 Å². The lowest BCUT2D eigenvalue weighted by Crippen LogP contribution is -2.44. The molecule has 5 nitrogen and oxygen atoms in total. The van der Waals surface area contributed by atoms with Crippen molar-refractivity contribution < 1.29 is 27.8 Å². The first-order chi connectivity index (χ1) is 10.3. The molecule has 0 aliphatic carbocycles. The molecule has 1 rings (SSSR count). The number of esters is 1. The van der Waals surface area contributed by atoms with Crippen molar-refractivity contribution in [3.8, 4) is 5.75 Å². The van der Waals surface area contributed by atoms with Crippen LogP contribution in [0.2, 0.25) is 0 Å². The van der Waals surface area contributed by atoms with Crippen LogP contribution in [0.15, 0.2) is 18.2 Å². The van der Waals surface area contributed by atoms with Crippen molar-refractivity contribution in [1.29, 1.82) is 0 Å². The molecule has 0 bridgehead atoms. The Morgan fingerprint density at radius 1 is 1.27 bits per heavy atom. The van der Waals surface area contributed by atoms with Crippen LogP contribution in [0, 0.1) is 17.6 Å². The molecular weight excluding hydrogens is 296 g/mol. The van der Waals surface area contributed by atoms with Crippen LogP contribution in [0.4, 0.5) is 8.78 Å². The third-order valence-electron chi connectivity index (χ3n) is 2.78. The zero-order valence-corrected chi connectivity index (χ0v) is 12.7. The summed E-state index contributed by atoms with van der Waals surface area (Å²) in [6.45, 7) is 3.30. The number of halogens is 2. The average Bonchev–Trinajstić information content (AvgIpc) is 2.44. The summed E-state index contributed by atoms with van der Waals surface area (Å²) in [4.78, 5) is 23.3. The summed E-state index contributed by atoms with van der Waals surface area (Å²) >= 11 is 0. The summed E-state index contributed by atoms with van der Waals surface area (Å²) in [5, 5.41) is 2.47. The molecule has 1 atom stereocenters. The number of ether oxygens (including phenoxy) is 2. The van der Waals surface area contributed by atoms with E-state index in [1.54, 1.807) is 0 Å². The summed E-state index contributed by atoms with van der Waals surface area (Å²) < 4.78 is 35.7. The van der Waals surface area contributed by atoms with E-state index in [0.717, 1.165) is 12.1 Å². The smallest absolute Gasteiger partial charge is 0.328 e. The van der Waals surface area contributed by atoms with E-state index in [1.807, 2.05) is 13.8 Å². The number of hydrogen-bond acceptors (Lipinski definition) is 4. The fraction of sp³-hybridized carbons (Fsp3) is 0.467. The molecule has 0 saturated heterocycles. The molecule has 1 aromatic carbocycles. The molecule has 1 aromatic rings. The Bertz CT molecular complexity index is 534. The maximum atomic E-state index is 13.3. The molecule has 1 unspecified atom stereocenters. The van der Waals surface area contributed by atoms with Gasteiger partial charge in [-0.05, 0) is 24.5 Å². The van der Waals surface area contributed by atoms with Crippen molar-refractivity contribution in [1.82, 2.24) is 5.32 Å². The second kappa shape index (κ2) is 8.31. The predicted octanol–water partition coefficient (Wildman–Crippen LogP) is 2.05. The lowest BCUT2D eigenvalue weighted by atomic mass is 10.0. The van der Waals surface area contributed by atoms with E-state index in [1.165, 1.54) is 7.11 Å². The summed E-state index contributed by atoms with van der Waals surface area (Å²) in [5.41, 5.74) is 0. The van der Waals surface area contributed by atoms with Crippen LogP contribution in [0.5, 0.6) is 5.75 Å². The molecule has 0 aliphatic rings. The standard InChI is InChI=1S/C15H19F2NO4/c1-9(2)6-12(15(20)21-3)18-14(19)8-22-13-5-4-10(16)7-11(13)17/h4-5,7,9,12H,6,8H2,1-3H3,(H,18,19). The molecule has 22 heavy (non-hydrogen) atoms. The predicted molar refractivity (Wildman–Crippen MR) is 75.3 cm³/mol. The summed E-state index contributed by atoms with van der Waals surface area (Å²) in [6.07, 6.45) is 0.406. The molecule has 0 saturated carbocycles. The molecule has 0 fully saturated rings. The first-order valence-electron chi connectivity index (χ1n) is 6.78. The lowest BCUT2D eigenvalue weighted by molar-refractivity contribution is -0.145. The fourth-order valence-electron chi connectivity index (χ4n) is 1.80. The van der Waals surface area contributed by atoms with E-state index in [2.05, 4.69) is 10.1 Å². The lowest BCUT2D eigenvalue weighted by Gasteiger charge is -2.18. The second-order valence-electron chi connectivity index (χ2n) is 5.14. The minimum Gasteiger partial charge on any atom is -0.481 e. The van der Waals surface area contributed by atoms with Gasteiger partial charge in [0.15, 0.2) is 18.2 Å². The third kappa shape index (κ3) is 5.67. The van der Waals surface area contributed by atoms with Gasteiger partial charge in [-0.25, -0.2) is 13.6 Å². The fourth-order valence-corrected chi connectivity index (χ4v) is 1.80. The van der Waals surface area contributed by atoms with Crippen molar-refractivity contribution in [2.24, 2.45) is 5.92 Å². The van der Waals surface area contributed by atoms with E-state index < -0.39 is 36.2 Å². The molecule has 0 aromatic heterocycles. The van der Waals surface area contributed by atoms with Gasteiger partial charge in [-0.1, -0.05) is 13.8 Å². The van der Waals surface area contributed by atoms with Crippen molar-refractivity contribution in [2.45, 2.75) is 26.3 Å². The number of benzene rings is 1. The van der Waals surface area contributed by atoms with E-state index in [-0.39, 0.29) is 11.7 Å². The highest BCUT2D eigenvalue weighted by molar-refractivity contribution is 5.85. The Hall–Kier alpha value is -2.18. The molecule has 1 amide bonds. The van der Waals surface area contributed by atoms with Gasteiger partial charge in [-0.2, -0.15) is 0 Å². The highest BCUT2D eigenvalue weighted by Crippen LogP contribution is 2.17. The molecule has 7 heteroatoms. The monoisotopic (exact) mass is 315 g/mol. The van der Waals surface area contributed by atoms with Gasteiger partial charge in [0.2, 0.25) is 0 Å². The van der Waals surface area contributed by atoms with Gasteiger partial charge in [-0.3, -0.25) is 4.79 Å². The zero-order chi connectivity index (χ0) is 16.7. The normalized spacial score (nSPS) is 11.9. The molecule has 0 aliphatic heterocycles. The molecule has 1 N–H and O–H groups in total. The van der Waals surface area contributed by atoms with Gasteiger partial charge in [-0.15, -0.1) is 0 Å². The van der Waals surface area contributed by atoms with Crippen molar-refractivity contribution >= 4 is 11.9 Å². The number of methoxy groups -OCH3 is 1. The number of rotatable bonds is 7. The topological polar surface area (TPSA) is 64.6 Å². The van der Waals surface area contributed by atoms with E-state index in [0.29, 0.717) is 12.5 Å². The number of hydrogen-bond donors (Lipinski definition) is 1. The van der Waals surface area contributed by atoms with E-state index >= 15 is 0 Å². The van der Waals surface area contributed by atoms with Crippen LogP contribution in [0.3, 0.4) is 0 Å². The van der Waals surface area contributed by atoms with Crippen LogP contribution in [0.1, 0.15) is 20.3 Å². The molecule has 0 radical (unpaired) electrons. The van der Waals surface area contributed by atoms with Gasteiger partial charge in [0.1, 0.15) is 11.9 Å². The van der Waals surface area contributed by atoms with Crippen molar-refractivity contribution in [2.75, 3.05) is 13.7 Å². The zero-order valence-electron chi connectivity index (χ0n) is 12.7. The largest absolute Gasteiger partial charge is 0.481 e. The van der Waals surface area contributed by atoms with Crippen molar-refractivity contribution in [3.63, 3.8) is 0 Å². The highest BCUT2D eigenvalue weighted by atomic mass is 19.1. The van der Waals surface area contributed by atoms with Crippen LogP contribution in [-0.4, -0.2) is 31.6 Å². The van der Waals surface area contributed by atoms with Crippen LogP contribution >= 0.6 is 0 Å². The first-order valence-corrected chi connectivity index (χ1v) is 6.78. The molecule has 122 valence electrons. The first kappa shape index (κ1) is 17.9. The Morgan fingerprint density at radius 2 is 1.95 bits per heavy atom. The Labute approximate surface area is 127 Å². The Kier molecular flexibility index (Phi) is 6.75. The van der Waals surface area contributed by atoms with E-state index in [4.69, 9.17) is 4.74 Å².